The number of nitrogens with one attached hydrogen (secondary N) is 1. The minimum atomic E-state index is -0.512. The summed E-state index contributed by atoms with van der Waals surface area (Å²) in [6, 6.07) is 4.29. The van der Waals surface area contributed by atoms with Gasteiger partial charge in [-0.05, 0) is 50.2 Å². The first-order chi connectivity index (χ1) is 14.2. The van der Waals surface area contributed by atoms with E-state index in [9.17, 15) is 19.7 Å². The van der Waals surface area contributed by atoms with E-state index in [1.165, 1.54) is 21.6 Å². The predicted octanol–water partition coefficient (Wildman–Crippen LogP) is 3.75. The quantitative estimate of drug-likeness (QED) is 0.505. The first-order valence-corrected chi connectivity index (χ1v) is 10.6. The fourth-order valence-corrected chi connectivity index (χ4v) is 5.32. The number of carbonyl (C=O) groups is 1. The van der Waals surface area contributed by atoms with E-state index in [0.717, 1.165) is 29.7 Å². The van der Waals surface area contributed by atoms with Crippen LogP contribution in [-0.4, -0.2) is 20.4 Å². The van der Waals surface area contributed by atoms with Crippen molar-refractivity contribution in [1.82, 2.24) is 9.55 Å². The summed E-state index contributed by atoms with van der Waals surface area (Å²) in [7, 11) is 0. The van der Waals surface area contributed by atoms with Crippen LogP contribution in [0.15, 0.2) is 23.0 Å². The molecule has 1 amide bonds. The lowest BCUT2D eigenvalue weighted by Crippen LogP contribution is -2.30. The summed E-state index contributed by atoms with van der Waals surface area (Å²) >= 11 is 1.58. The van der Waals surface area contributed by atoms with E-state index in [0.29, 0.717) is 28.4 Å². The molecule has 1 unspecified atom stereocenters. The lowest BCUT2D eigenvalue weighted by Gasteiger charge is -2.17. The summed E-state index contributed by atoms with van der Waals surface area (Å²) in [5.74, 6) is 0.644. The number of carbonyl (C=O) groups excluding carboxylic acids is 1. The van der Waals surface area contributed by atoms with Crippen molar-refractivity contribution in [3.05, 3.63) is 60.5 Å². The third kappa shape index (κ3) is 3.60. The summed E-state index contributed by atoms with van der Waals surface area (Å²) in [5.41, 5.74) is 1.83. The van der Waals surface area contributed by atoms with Gasteiger partial charge in [0, 0.05) is 17.0 Å². The number of nitrogens with zero attached hydrogens (tertiary/aromatic N) is 3. The van der Waals surface area contributed by atoms with E-state index < -0.39 is 10.8 Å². The Morgan fingerprint density at radius 2 is 2.17 bits per heavy atom. The number of hydrogen-bond acceptors (Lipinski definition) is 6. The maximum Gasteiger partial charge on any atom is 0.271 e. The van der Waals surface area contributed by atoms with Crippen LogP contribution in [0, 0.1) is 29.9 Å². The molecule has 1 aliphatic rings. The third-order valence-corrected chi connectivity index (χ3v) is 6.76. The number of aromatic nitrogens is 2. The highest BCUT2D eigenvalue weighted by molar-refractivity contribution is 7.18. The Labute approximate surface area is 176 Å². The molecule has 2 heterocycles. The number of benzene rings is 1. The van der Waals surface area contributed by atoms with Gasteiger partial charge in [0.25, 0.3) is 11.2 Å². The Hall–Kier alpha value is -3.07. The maximum atomic E-state index is 13.2. The Kier molecular flexibility index (Phi) is 5.15. The second kappa shape index (κ2) is 7.64. The largest absolute Gasteiger partial charge is 0.324 e. The minimum Gasteiger partial charge on any atom is -0.324 e. The number of non-ortho nitro benzene ring substituents is 1. The molecule has 0 saturated carbocycles. The zero-order valence-electron chi connectivity index (χ0n) is 17.0. The van der Waals surface area contributed by atoms with Gasteiger partial charge in [0.1, 0.15) is 17.2 Å². The van der Waals surface area contributed by atoms with Gasteiger partial charge in [0.2, 0.25) is 5.91 Å². The number of amides is 1. The molecule has 3 aromatic rings. The van der Waals surface area contributed by atoms with E-state index in [4.69, 9.17) is 0 Å². The second-order valence-corrected chi connectivity index (χ2v) is 8.97. The number of anilines is 1. The average molecular weight is 426 g/mol. The summed E-state index contributed by atoms with van der Waals surface area (Å²) < 4.78 is 1.38. The number of nitro groups is 1. The fraction of sp³-hybridized carbons (Fsp3) is 0.381. The molecule has 30 heavy (non-hydrogen) atoms. The molecule has 8 nitrogen and oxygen atoms in total. The van der Waals surface area contributed by atoms with Crippen molar-refractivity contribution in [2.24, 2.45) is 5.92 Å². The smallest absolute Gasteiger partial charge is 0.271 e. The van der Waals surface area contributed by atoms with E-state index in [1.807, 2.05) is 0 Å². The van der Waals surface area contributed by atoms with Crippen LogP contribution in [0.5, 0.6) is 0 Å². The number of nitro benzene ring substituents is 1. The molecular weight excluding hydrogens is 404 g/mol. The maximum absolute atomic E-state index is 13.2. The molecule has 0 saturated heterocycles. The second-order valence-electron chi connectivity index (χ2n) is 7.89. The molecule has 1 aliphatic carbocycles. The molecular formula is C21H22N4O4S. The van der Waals surface area contributed by atoms with Crippen molar-refractivity contribution >= 4 is 38.8 Å². The van der Waals surface area contributed by atoms with Crippen LogP contribution in [-0.2, 0) is 24.2 Å². The molecule has 1 N–H and O–H groups in total. The monoisotopic (exact) mass is 426 g/mol. The van der Waals surface area contributed by atoms with Gasteiger partial charge in [-0.25, -0.2) is 4.98 Å². The van der Waals surface area contributed by atoms with Crippen LogP contribution < -0.4 is 10.9 Å². The van der Waals surface area contributed by atoms with Gasteiger partial charge in [0.15, 0.2) is 0 Å². The molecule has 0 aliphatic heterocycles. The molecule has 1 atom stereocenters. The third-order valence-electron chi connectivity index (χ3n) is 5.61. The van der Waals surface area contributed by atoms with Crippen LogP contribution >= 0.6 is 11.3 Å². The van der Waals surface area contributed by atoms with Crippen molar-refractivity contribution in [3.63, 3.8) is 0 Å². The molecule has 0 spiro atoms. The number of hydrogen-bond donors (Lipinski definition) is 1. The van der Waals surface area contributed by atoms with E-state index in [1.54, 1.807) is 31.3 Å². The number of fused-ring (bicyclic) bond motifs is 3. The summed E-state index contributed by atoms with van der Waals surface area (Å²) in [6.45, 7) is 5.48. The summed E-state index contributed by atoms with van der Waals surface area (Å²) in [6.07, 6.45) is 2.86. The standard InChI is InChI=1S/C21H22N4O4S/c1-11-4-7-15-17(8-11)30-20-19(15)21(27)24(13(3)22-20)10-18(26)23-16-9-14(25(28)29)6-5-12(16)2/h5-6,9,11H,4,7-8,10H2,1-3H3,(H,23,26). The molecule has 2 aromatic heterocycles. The SMILES string of the molecule is Cc1ccc([N+](=O)[O-])cc1NC(=O)Cn1c(C)nc2sc3c(c2c1=O)CCC(C)C3. The lowest BCUT2D eigenvalue weighted by molar-refractivity contribution is -0.384. The summed E-state index contributed by atoms with van der Waals surface area (Å²) in [4.78, 5) is 42.9. The average Bonchev–Trinajstić information content (AvgIpc) is 3.03. The van der Waals surface area contributed by atoms with Gasteiger partial charge in [-0.3, -0.25) is 24.3 Å². The van der Waals surface area contributed by atoms with Gasteiger partial charge in [-0.2, -0.15) is 0 Å². The molecule has 0 radical (unpaired) electrons. The Morgan fingerprint density at radius 1 is 1.40 bits per heavy atom. The predicted molar refractivity (Wildman–Crippen MR) is 116 cm³/mol. The summed E-state index contributed by atoms with van der Waals surface area (Å²) in [5, 5.41) is 14.3. The van der Waals surface area contributed by atoms with Crippen molar-refractivity contribution in [1.29, 1.82) is 0 Å². The first kappa shape index (κ1) is 20.2. The zero-order chi connectivity index (χ0) is 21.6. The zero-order valence-corrected chi connectivity index (χ0v) is 17.8. The number of aryl methyl sites for hydroxylation is 3. The van der Waals surface area contributed by atoms with Gasteiger partial charge >= 0.3 is 0 Å². The van der Waals surface area contributed by atoms with E-state index in [-0.39, 0.29) is 17.8 Å². The van der Waals surface area contributed by atoms with Crippen LogP contribution in [0.4, 0.5) is 11.4 Å². The molecule has 9 heteroatoms. The minimum absolute atomic E-state index is 0.105. The first-order valence-electron chi connectivity index (χ1n) is 9.81. The molecule has 4 rings (SSSR count). The van der Waals surface area contributed by atoms with E-state index in [2.05, 4.69) is 17.2 Å². The number of thiophene rings is 1. The Bertz CT molecular complexity index is 1240. The van der Waals surface area contributed by atoms with Gasteiger partial charge in [-0.15, -0.1) is 11.3 Å². The number of rotatable bonds is 4. The molecule has 1 aromatic carbocycles. The van der Waals surface area contributed by atoms with Gasteiger partial charge in [-0.1, -0.05) is 13.0 Å². The van der Waals surface area contributed by atoms with Crippen LogP contribution in [0.2, 0.25) is 0 Å². The van der Waals surface area contributed by atoms with Gasteiger partial charge < -0.3 is 5.32 Å². The Morgan fingerprint density at radius 3 is 2.90 bits per heavy atom. The lowest BCUT2D eigenvalue weighted by atomic mass is 9.89. The molecule has 156 valence electrons. The van der Waals surface area contributed by atoms with Crippen molar-refractivity contribution in [3.8, 4) is 0 Å². The highest BCUT2D eigenvalue weighted by Crippen LogP contribution is 2.35. The van der Waals surface area contributed by atoms with Crippen molar-refractivity contribution in [2.45, 2.75) is 46.6 Å². The Balaban J connectivity index is 1.66. The molecule has 0 bridgehead atoms. The topological polar surface area (TPSA) is 107 Å². The van der Waals surface area contributed by atoms with Crippen LogP contribution in [0.25, 0.3) is 10.2 Å². The van der Waals surface area contributed by atoms with Crippen LogP contribution in [0.1, 0.15) is 35.2 Å². The van der Waals surface area contributed by atoms with Crippen LogP contribution in [0.3, 0.4) is 0 Å². The highest BCUT2D eigenvalue weighted by atomic mass is 32.1. The van der Waals surface area contributed by atoms with Crippen molar-refractivity contribution < 1.29 is 9.72 Å². The van der Waals surface area contributed by atoms with E-state index >= 15 is 0 Å². The van der Waals surface area contributed by atoms with Crippen molar-refractivity contribution in [2.75, 3.05) is 5.32 Å². The normalized spacial score (nSPS) is 15.8. The fourth-order valence-electron chi connectivity index (χ4n) is 3.90. The molecule has 0 fully saturated rings. The highest BCUT2D eigenvalue weighted by Gasteiger charge is 2.24. The van der Waals surface area contributed by atoms with Gasteiger partial charge in [0.05, 0.1) is 16.0 Å².